The molecule has 222 valence electrons. The Hall–Kier alpha value is -4.05. The molecule has 1 saturated carbocycles. The molecule has 4 heterocycles. The third kappa shape index (κ3) is 5.22. The van der Waals surface area contributed by atoms with Gasteiger partial charge in [-0.25, -0.2) is 13.5 Å². The van der Waals surface area contributed by atoms with Crippen molar-refractivity contribution in [2.45, 2.75) is 56.7 Å². The number of amides is 2. The van der Waals surface area contributed by atoms with Crippen LogP contribution in [0.3, 0.4) is 0 Å². The van der Waals surface area contributed by atoms with Crippen LogP contribution in [0.4, 0.5) is 14.5 Å². The molecular formula is C33H33F2N5O2S. The molecule has 3 aliphatic rings. The second-order valence-corrected chi connectivity index (χ2v) is 12.7. The van der Waals surface area contributed by atoms with E-state index in [9.17, 15) is 18.4 Å². The smallest absolute Gasteiger partial charge is 0.251 e. The van der Waals surface area contributed by atoms with Crippen molar-refractivity contribution >= 4 is 28.8 Å². The first-order chi connectivity index (χ1) is 20.8. The van der Waals surface area contributed by atoms with Crippen LogP contribution in [-0.4, -0.2) is 45.0 Å². The lowest BCUT2D eigenvalue weighted by Gasteiger charge is -2.42. The molecule has 0 spiro atoms. The Kier molecular flexibility index (Phi) is 7.04. The molecule has 2 aliphatic heterocycles. The lowest BCUT2D eigenvalue weighted by Crippen LogP contribution is -2.53. The highest BCUT2D eigenvalue weighted by Crippen LogP contribution is 2.52. The second-order valence-electron chi connectivity index (χ2n) is 11.9. The van der Waals surface area contributed by atoms with Crippen molar-refractivity contribution in [3.8, 4) is 5.69 Å². The van der Waals surface area contributed by atoms with Crippen LogP contribution in [0.5, 0.6) is 0 Å². The third-order valence-corrected chi connectivity index (χ3v) is 9.93. The van der Waals surface area contributed by atoms with Gasteiger partial charge >= 0.3 is 0 Å². The van der Waals surface area contributed by atoms with Gasteiger partial charge in [0, 0.05) is 48.8 Å². The van der Waals surface area contributed by atoms with Crippen LogP contribution in [0, 0.1) is 18.8 Å². The molecule has 1 aliphatic carbocycles. The summed E-state index contributed by atoms with van der Waals surface area (Å²) in [5.41, 5.74) is 5.25. The minimum Gasteiger partial charge on any atom is -0.378 e. The molecule has 2 aromatic heterocycles. The Labute approximate surface area is 252 Å². The molecule has 2 fully saturated rings. The Morgan fingerprint density at radius 1 is 1.07 bits per heavy atom. The predicted molar refractivity (Wildman–Crippen MR) is 162 cm³/mol. The number of carbonyl (C=O) groups is 2. The highest BCUT2D eigenvalue weighted by atomic mass is 32.1. The maximum absolute atomic E-state index is 14.9. The van der Waals surface area contributed by atoms with E-state index in [-0.39, 0.29) is 42.7 Å². The number of para-hydroxylation sites is 1. The van der Waals surface area contributed by atoms with E-state index < -0.39 is 24.3 Å². The van der Waals surface area contributed by atoms with Gasteiger partial charge in [0.25, 0.3) is 5.91 Å². The number of hydrogen-bond donors (Lipinski definition) is 2. The zero-order valence-electron chi connectivity index (χ0n) is 23.8. The summed E-state index contributed by atoms with van der Waals surface area (Å²) in [5, 5.41) is 15.2. The second kappa shape index (κ2) is 10.9. The monoisotopic (exact) mass is 601 g/mol. The van der Waals surface area contributed by atoms with Gasteiger partial charge in [-0.3, -0.25) is 9.59 Å². The average molecular weight is 602 g/mol. The number of anilines is 1. The van der Waals surface area contributed by atoms with Crippen molar-refractivity contribution in [1.82, 2.24) is 20.0 Å². The number of halogens is 2. The number of rotatable bonds is 5. The van der Waals surface area contributed by atoms with Crippen LogP contribution in [0.15, 0.2) is 77.6 Å². The number of nitrogens with zero attached hydrogens (tertiary/aromatic N) is 3. The molecule has 2 aromatic carbocycles. The van der Waals surface area contributed by atoms with Gasteiger partial charge in [-0.2, -0.15) is 16.4 Å². The minimum absolute atomic E-state index is 0.0286. The maximum atomic E-state index is 14.9. The number of aryl methyl sites for hydroxylation is 1. The van der Waals surface area contributed by atoms with Crippen LogP contribution < -0.4 is 10.6 Å². The predicted octanol–water partition coefficient (Wildman–Crippen LogP) is 6.53. The molecule has 7 rings (SSSR count). The highest BCUT2D eigenvalue weighted by Gasteiger charge is 2.51. The Morgan fingerprint density at radius 2 is 1.88 bits per heavy atom. The summed E-state index contributed by atoms with van der Waals surface area (Å²) < 4.78 is 31.4. The molecule has 10 heteroatoms. The SMILES string of the molecule is Cc1ccn(-c2ccc(C(=O)N[C@@H]3CCC(F)(F)C[C@@H]3C(=O)N3CC[C@H]4C3c3ccccc3N[C@H]4c3ccsc3)cc2)n1. The number of thiophene rings is 1. The number of alkyl halides is 2. The molecule has 5 atom stereocenters. The lowest BCUT2D eigenvalue weighted by molar-refractivity contribution is -0.146. The van der Waals surface area contributed by atoms with Gasteiger partial charge in [-0.15, -0.1) is 0 Å². The first-order valence-electron chi connectivity index (χ1n) is 14.8. The molecule has 7 nitrogen and oxygen atoms in total. The molecule has 0 bridgehead atoms. The fourth-order valence-electron chi connectivity index (χ4n) is 7.11. The van der Waals surface area contributed by atoms with E-state index >= 15 is 0 Å². The standard InChI is InChI=1S/C33H33F2N5O2S/c1-20-11-16-40(38-20)23-8-6-21(7-9-23)31(41)37-28-10-14-33(34,35)18-26(28)32(42)39-15-12-25-29(22-13-17-43-19-22)36-27-5-3-2-4-24(27)30(25)39/h2-9,11,13,16-17,19,25-26,28-30,36H,10,12,14-15,18H2,1H3,(H,37,41)/t25-,26+,28-,29+,30?/m1/s1. The highest BCUT2D eigenvalue weighted by molar-refractivity contribution is 7.08. The van der Waals surface area contributed by atoms with E-state index in [1.54, 1.807) is 40.3 Å². The van der Waals surface area contributed by atoms with Crippen LogP contribution in [0.2, 0.25) is 0 Å². The first kappa shape index (κ1) is 27.8. The molecule has 0 radical (unpaired) electrons. The van der Waals surface area contributed by atoms with Crippen molar-refractivity contribution in [2.75, 3.05) is 11.9 Å². The van der Waals surface area contributed by atoms with Crippen LogP contribution in [0.25, 0.3) is 5.69 Å². The largest absolute Gasteiger partial charge is 0.378 e. The number of benzene rings is 2. The Balaban J connectivity index is 1.14. The average Bonchev–Trinajstić information content (AvgIpc) is 3.79. The number of hydrogen-bond acceptors (Lipinski definition) is 5. The van der Waals surface area contributed by atoms with Gasteiger partial charge in [-0.05, 0) is 84.1 Å². The van der Waals surface area contributed by atoms with Gasteiger partial charge in [0.15, 0.2) is 0 Å². The topological polar surface area (TPSA) is 79.3 Å². The molecule has 2 amide bonds. The van der Waals surface area contributed by atoms with Gasteiger partial charge in [0.2, 0.25) is 11.8 Å². The fourth-order valence-corrected chi connectivity index (χ4v) is 7.81. The molecule has 1 unspecified atom stereocenters. The van der Waals surface area contributed by atoms with Gasteiger partial charge < -0.3 is 15.5 Å². The number of likely N-dealkylation sites (tertiary alicyclic amines) is 1. The van der Waals surface area contributed by atoms with Gasteiger partial charge in [0.05, 0.1) is 29.4 Å². The Bertz CT molecular complexity index is 1640. The van der Waals surface area contributed by atoms with Crippen molar-refractivity contribution in [1.29, 1.82) is 0 Å². The van der Waals surface area contributed by atoms with E-state index in [1.807, 2.05) is 53.7 Å². The first-order valence-corrected chi connectivity index (χ1v) is 15.7. The Morgan fingerprint density at radius 3 is 2.63 bits per heavy atom. The summed E-state index contributed by atoms with van der Waals surface area (Å²) in [6.45, 7) is 2.39. The van der Waals surface area contributed by atoms with Gasteiger partial charge in [-0.1, -0.05) is 18.2 Å². The maximum Gasteiger partial charge on any atom is 0.251 e. The molecule has 1 saturated heterocycles. The summed E-state index contributed by atoms with van der Waals surface area (Å²) in [6.07, 6.45) is 1.71. The summed E-state index contributed by atoms with van der Waals surface area (Å²) >= 11 is 1.63. The number of carbonyl (C=O) groups excluding carboxylic acids is 2. The normalized spacial score (nSPS) is 25.8. The third-order valence-electron chi connectivity index (χ3n) is 9.22. The number of fused-ring (bicyclic) bond motifs is 3. The van der Waals surface area contributed by atoms with Crippen molar-refractivity contribution in [2.24, 2.45) is 11.8 Å². The lowest BCUT2D eigenvalue weighted by atomic mass is 9.79. The summed E-state index contributed by atoms with van der Waals surface area (Å²) in [7, 11) is 0. The summed E-state index contributed by atoms with van der Waals surface area (Å²) in [6, 6.07) is 18.1. The van der Waals surface area contributed by atoms with Crippen LogP contribution in [0.1, 0.15) is 64.9 Å². The quantitative estimate of drug-likeness (QED) is 0.273. The van der Waals surface area contributed by atoms with E-state index in [4.69, 9.17) is 0 Å². The fraction of sp³-hybridized carbons (Fsp3) is 0.364. The summed E-state index contributed by atoms with van der Waals surface area (Å²) in [4.78, 5) is 29.4. The molecule has 2 N–H and O–H groups in total. The molecule has 4 aromatic rings. The minimum atomic E-state index is -2.96. The van der Waals surface area contributed by atoms with E-state index in [0.29, 0.717) is 12.1 Å². The zero-order valence-corrected chi connectivity index (χ0v) is 24.6. The van der Waals surface area contributed by atoms with E-state index in [0.717, 1.165) is 29.1 Å². The van der Waals surface area contributed by atoms with Crippen LogP contribution in [-0.2, 0) is 4.79 Å². The molecular weight excluding hydrogens is 568 g/mol. The summed E-state index contributed by atoms with van der Waals surface area (Å²) in [5.74, 6) is -4.54. The molecule has 43 heavy (non-hydrogen) atoms. The van der Waals surface area contributed by atoms with E-state index in [1.165, 1.54) is 5.56 Å². The zero-order chi connectivity index (χ0) is 29.7. The van der Waals surface area contributed by atoms with Crippen molar-refractivity contribution < 1.29 is 18.4 Å². The number of aromatic nitrogens is 2. The van der Waals surface area contributed by atoms with Crippen molar-refractivity contribution in [3.63, 3.8) is 0 Å². The van der Waals surface area contributed by atoms with Crippen molar-refractivity contribution in [3.05, 3.63) is 100 Å². The van der Waals surface area contributed by atoms with Gasteiger partial charge in [0.1, 0.15) is 0 Å². The van der Waals surface area contributed by atoms with E-state index in [2.05, 4.69) is 27.2 Å². The van der Waals surface area contributed by atoms with Crippen LogP contribution >= 0.6 is 11.3 Å². The number of nitrogens with one attached hydrogen (secondary N) is 2.